The van der Waals surface area contributed by atoms with Crippen molar-refractivity contribution < 1.29 is 19.1 Å². The summed E-state index contributed by atoms with van der Waals surface area (Å²) in [6, 6.07) is 9.49. The third-order valence-electron chi connectivity index (χ3n) is 4.45. The van der Waals surface area contributed by atoms with Crippen LogP contribution in [0.3, 0.4) is 0 Å². The Morgan fingerprint density at radius 1 is 1.29 bits per heavy atom. The van der Waals surface area contributed by atoms with E-state index in [1.54, 1.807) is 6.92 Å². The summed E-state index contributed by atoms with van der Waals surface area (Å²) in [5.41, 5.74) is 0.841. The molecule has 0 unspecified atom stereocenters. The van der Waals surface area contributed by atoms with Gasteiger partial charge in [-0.3, -0.25) is 9.59 Å². The third kappa shape index (κ3) is 3.48. The molecule has 2 N–H and O–H groups in total. The number of hydrogen-bond acceptors (Lipinski definition) is 4. The zero-order valence-corrected chi connectivity index (χ0v) is 13.5. The van der Waals surface area contributed by atoms with E-state index in [2.05, 4.69) is 10.3 Å². The molecule has 6 nitrogen and oxygen atoms in total. The summed E-state index contributed by atoms with van der Waals surface area (Å²) in [6.45, 7) is 1.78. The lowest BCUT2D eigenvalue weighted by molar-refractivity contribution is -0.140. The largest absolute Gasteiger partial charge is 0.481 e. The molecule has 0 atom stereocenters. The van der Waals surface area contributed by atoms with Crippen molar-refractivity contribution in [2.24, 2.45) is 0 Å². The van der Waals surface area contributed by atoms with E-state index in [0.29, 0.717) is 30.2 Å². The number of nitrogens with one attached hydrogen (secondary N) is 1. The zero-order valence-electron chi connectivity index (χ0n) is 13.5. The molecule has 2 aromatic rings. The number of carboxylic acid groups (broad SMARTS) is 1. The van der Waals surface area contributed by atoms with Crippen molar-refractivity contribution in [1.29, 1.82) is 0 Å². The highest BCUT2D eigenvalue weighted by molar-refractivity contribution is 5.80. The Hall–Kier alpha value is -2.63. The number of nitrogens with zero attached hydrogens (tertiary/aromatic N) is 1. The van der Waals surface area contributed by atoms with Crippen LogP contribution >= 0.6 is 0 Å². The van der Waals surface area contributed by atoms with Crippen LogP contribution < -0.4 is 5.32 Å². The molecule has 1 fully saturated rings. The number of rotatable bonds is 6. The molecular weight excluding hydrogens is 308 g/mol. The van der Waals surface area contributed by atoms with E-state index in [1.165, 1.54) is 0 Å². The molecule has 1 heterocycles. The van der Waals surface area contributed by atoms with Gasteiger partial charge in [0.25, 0.3) is 0 Å². The Labute approximate surface area is 139 Å². The van der Waals surface area contributed by atoms with Gasteiger partial charge in [0, 0.05) is 5.56 Å². The molecule has 3 rings (SSSR count). The fraction of sp³-hybridized carbons (Fsp3) is 0.389. The topological polar surface area (TPSA) is 92.4 Å². The fourth-order valence-corrected chi connectivity index (χ4v) is 3.03. The Morgan fingerprint density at radius 2 is 2.00 bits per heavy atom. The molecule has 1 aliphatic carbocycles. The second-order valence-corrected chi connectivity index (χ2v) is 6.32. The summed E-state index contributed by atoms with van der Waals surface area (Å²) >= 11 is 0. The standard InChI is InChI=1S/C18H20N2O4/c1-12-14(19-17(24-12)13-6-3-2-4-7-13)10-15(21)20-18(8-5-9-18)11-16(22)23/h2-4,6-7H,5,8-11H2,1H3,(H,20,21)(H,22,23). The van der Waals surface area contributed by atoms with Crippen molar-refractivity contribution in [1.82, 2.24) is 10.3 Å². The van der Waals surface area contributed by atoms with Gasteiger partial charge < -0.3 is 14.8 Å². The first-order valence-electron chi connectivity index (χ1n) is 8.02. The minimum atomic E-state index is -0.890. The van der Waals surface area contributed by atoms with Crippen LogP contribution in [0.4, 0.5) is 0 Å². The number of carboxylic acids is 1. The van der Waals surface area contributed by atoms with Gasteiger partial charge in [-0.25, -0.2) is 4.98 Å². The zero-order chi connectivity index (χ0) is 17.2. The fourth-order valence-electron chi connectivity index (χ4n) is 3.03. The SMILES string of the molecule is Cc1oc(-c2ccccc2)nc1CC(=O)NC1(CC(=O)O)CCC1. The number of aryl methyl sites for hydroxylation is 1. The predicted molar refractivity (Wildman–Crippen MR) is 87.4 cm³/mol. The van der Waals surface area contributed by atoms with Gasteiger partial charge >= 0.3 is 5.97 Å². The van der Waals surface area contributed by atoms with Gasteiger partial charge in [-0.15, -0.1) is 0 Å². The molecule has 1 saturated carbocycles. The van der Waals surface area contributed by atoms with Crippen LogP contribution in [0, 0.1) is 6.92 Å². The van der Waals surface area contributed by atoms with Crippen molar-refractivity contribution in [3.05, 3.63) is 41.8 Å². The van der Waals surface area contributed by atoms with Crippen LogP contribution in [0.25, 0.3) is 11.5 Å². The van der Waals surface area contributed by atoms with E-state index < -0.39 is 11.5 Å². The van der Waals surface area contributed by atoms with E-state index >= 15 is 0 Å². The normalized spacial score (nSPS) is 15.5. The van der Waals surface area contributed by atoms with E-state index in [9.17, 15) is 9.59 Å². The summed E-state index contributed by atoms with van der Waals surface area (Å²) in [7, 11) is 0. The highest BCUT2D eigenvalue weighted by Gasteiger charge is 2.40. The van der Waals surface area contributed by atoms with E-state index in [-0.39, 0.29) is 18.7 Å². The van der Waals surface area contributed by atoms with E-state index in [4.69, 9.17) is 9.52 Å². The molecule has 0 radical (unpaired) electrons. The first kappa shape index (κ1) is 16.2. The maximum atomic E-state index is 12.3. The minimum Gasteiger partial charge on any atom is -0.481 e. The lowest BCUT2D eigenvalue weighted by atomic mass is 9.74. The van der Waals surface area contributed by atoms with Crippen molar-refractivity contribution in [3.8, 4) is 11.5 Å². The monoisotopic (exact) mass is 328 g/mol. The Balaban J connectivity index is 1.69. The number of aromatic nitrogens is 1. The van der Waals surface area contributed by atoms with Crippen LogP contribution in [0.2, 0.25) is 0 Å². The lowest BCUT2D eigenvalue weighted by Gasteiger charge is -2.41. The molecule has 1 aromatic heterocycles. The van der Waals surface area contributed by atoms with Gasteiger partial charge in [0.05, 0.1) is 24.1 Å². The van der Waals surface area contributed by atoms with E-state index in [0.717, 1.165) is 12.0 Å². The number of oxazole rings is 1. The molecule has 1 aliphatic rings. The maximum Gasteiger partial charge on any atom is 0.305 e. The molecule has 24 heavy (non-hydrogen) atoms. The molecule has 6 heteroatoms. The number of aliphatic carboxylic acids is 1. The second-order valence-electron chi connectivity index (χ2n) is 6.32. The molecule has 0 aliphatic heterocycles. The summed E-state index contributed by atoms with van der Waals surface area (Å²) in [5, 5.41) is 11.9. The van der Waals surface area contributed by atoms with Crippen LogP contribution in [-0.4, -0.2) is 27.5 Å². The van der Waals surface area contributed by atoms with Gasteiger partial charge in [-0.05, 0) is 38.3 Å². The molecule has 1 amide bonds. The summed E-state index contributed by atoms with van der Waals surface area (Å²) in [5.74, 6) is -0.0179. The Morgan fingerprint density at radius 3 is 2.58 bits per heavy atom. The van der Waals surface area contributed by atoms with Crippen LogP contribution in [-0.2, 0) is 16.0 Å². The molecular formula is C18H20N2O4. The number of amides is 1. The quantitative estimate of drug-likeness (QED) is 0.850. The van der Waals surface area contributed by atoms with Gasteiger partial charge in [0.15, 0.2) is 0 Å². The minimum absolute atomic E-state index is 0.0359. The highest BCUT2D eigenvalue weighted by atomic mass is 16.4. The Bertz CT molecular complexity index is 748. The smallest absolute Gasteiger partial charge is 0.305 e. The van der Waals surface area contributed by atoms with Crippen LogP contribution in [0.1, 0.15) is 37.1 Å². The average molecular weight is 328 g/mol. The highest BCUT2D eigenvalue weighted by Crippen LogP contribution is 2.35. The number of hydrogen-bond donors (Lipinski definition) is 2. The second kappa shape index (κ2) is 6.47. The van der Waals surface area contributed by atoms with Crippen molar-refractivity contribution in [3.63, 3.8) is 0 Å². The predicted octanol–water partition coefficient (Wildman–Crippen LogP) is 2.71. The summed E-state index contributed by atoms with van der Waals surface area (Å²) in [4.78, 5) is 27.7. The number of carbonyl (C=O) groups is 2. The molecule has 0 spiro atoms. The average Bonchev–Trinajstić information content (AvgIpc) is 2.86. The van der Waals surface area contributed by atoms with Gasteiger partial charge in [-0.1, -0.05) is 18.2 Å². The van der Waals surface area contributed by atoms with Crippen molar-refractivity contribution in [2.45, 2.75) is 44.6 Å². The molecule has 0 saturated heterocycles. The third-order valence-corrected chi connectivity index (χ3v) is 4.45. The molecule has 0 bridgehead atoms. The van der Waals surface area contributed by atoms with Crippen LogP contribution in [0.5, 0.6) is 0 Å². The van der Waals surface area contributed by atoms with E-state index in [1.807, 2.05) is 30.3 Å². The Kier molecular flexibility index (Phi) is 4.38. The number of carbonyl (C=O) groups excluding carboxylic acids is 1. The molecule has 126 valence electrons. The van der Waals surface area contributed by atoms with Gasteiger partial charge in [0.1, 0.15) is 5.76 Å². The summed E-state index contributed by atoms with van der Waals surface area (Å²) < 4.78 is 5.65. The van der Waals surface area contributed by atoms with Gasteiger partial charge in [-0.2, -0.15) is 0 Å². The van der Waals surface area contributed by atoms with Gasteiger partial charge in [0.2, 0.25) is 11.8 Å². The first-order valence-corrected chi connectivity index (χ1v) is 8.02. The first-order chi connectivity index (χ1) is 11.5. The van der Waals surface area contributed by atoms with Crippen LogP contribution in [0.15, 0.2) is 34.7 Å². The molecule has 1 aromatic carbocycles. The van der Waals surface area contributed by atoms with Crippen molar-refractivity contribution in [2.75, 3.05) is 0 Å². The van der Waals surface area contributed by atoms with Crippen molar-refractivity contribution >= 4 is 11.9 Å². The maximum absolute atomic E-state index is 12.3. The summed E-state index contributed by atoms with van der Waals surface area (Å²) in [6.07, 6.45) is 2.40. The number of benzene rings is 1. The lowest BCUT2D eigenvalue weighted by Crippen LogP contribution is -2.55.